The smallest absolute Gasteiger partial charge is 0.281 e. The molecule has 1 amide bonds. The number of likely N-dealkylation sites (tertiary alicyclic amines) is 1. The van der Waals surface area contributed by atoms with Crippen molar-refractivity contribution in [3.8, 4) is 17.3 Å². The van der Waals surface area contributed by atoms with Gasteiger partial charge in [-0.1, -0.05) is 12.1 Å². The number of methoxy groups -OCH3 is 2. The van der Waals surface area contributed by atoms with Gasteiger partial charge in [0.1, 0.15) is 5.82 Å². The third kappa shape index (κ3) is 5.50. The molecule has 1 fully saturated rings. The number of ether oxygens (including phenoxy) is 2. The highest BCUT2D eigenvalue weighted by molar-refractivity contribution is 6.05. The number of nitrogens with zero attached hydrogens (tertiary/aromatic N) is 4. The summed E-state index contributed by atoms with van der Waals surface area (Å²) in [6.07, 6.45) is 5.63. The number of aromatic nitrogens is 2. The number of hydrogen-bond donors (Lipinski definition) is 1. The van der Waals surface area contributed by atoms with Gasteiger partial charge in [-0.2, -0.15) is 0 Å². The molecule has 2 aliphatic heterocycles. The molecule has 4 heterocycles. The summed E-state index contributed by atoms with van der Waals surface area (Å²) in [5.74, 6) is 1.20. The molecule has 2 aromatic heterocycles. The van der Waals surface area contributed by atoms with Gasteiger partial charge in [0.2, 0.25) is 5.88 Å². The zero-order valence-corrected chi connectivity index (χ0v) is 21.5. The largest absolute Gasteiger partial charge is 0.481 e. The van der Waals surface area contributed by atoms with Crippen molar-refractivity contribution in [1.82, 2.24) is 20.2 Å². The van der Waals surface area contributed by atoms with Crippen LogP contribution in [0.15, 0.2) is 48.7 Å². The zero-order valence-electron chi connectivity index (χ0n) is 21.5. The number of carbonyl (C=O) groups excluding carboxylic acids is 1. The number of benzene rings is 1. The zero-order chi connectivity index (χ0) is 25.8. The summed E-state index contributed by atoms with van der Waals surface area (Å²) in [5.41, 5.74) is 6.02. The molecular formula is C29H32N5O3. The average molecular weight is 499 g/mol. The number of carbonyl (C=O) groups is 1. The second-order valence-corrected chi connectivity index (χ2v) is 9.44. The Kier molecular flexibility index (Phi) is 7.48. The fourth-order valence-electron chi connectivity index (χ4n) is 5.10. The van der Waals surface area contributed by atoms with Crippen LogP contribution >= 0.6 is 0 Å². The summed E-state index contributed by atoms with van der Waals surface area (Å²) in [6.45, 7) is 6.11. The van der Waals surface area contributed by atoms with Crippen LogP contribution < -0.4 is 15.4 Å². The van der Waals surface area contributed by atoms with E-state index in [1.165, 1.54) is 17.3 Å². The highest BCUT2D eigenvalue weighted by Crippen LogP contribution is 2.34. The Hall–Kier alpha value is -3.75. The van der Waals surface area contributed by atoms with Gasteiger partial charge in [0.05, 0.1) is 30.7 Å². The van der Waals surface area contributed by atoms with Crippen molar-refractivity contribution < 1.29 is 14.3 Å². The highest BCUT2D eigenvalue weighted by Gasteiger charge is 2.24. The lowest BCUT2D eigenvalue weighted by atomic mass is 9.86. The molecule has 0 unspecified atom stereocenters. The standard InChI is InChI=1S/C29H32N5O3/c1-19-17-22(7-8-23(19)20-10-13-34(14-11-20)15-16-36-2)31-28-27-21(9-12-30-29(27)35)18-25(33-28)24-5-4-6-26(32-24)37-3/h4-9,12,17-18,20H,10-11,13-16H2,1-3H3,(H,31,33). The average Bonchev–Trinajstić information content (AvgIpc) is 2.92. The van der Waals surface area contributed by atoms with Gasteiger partial charge in [0, 0.05) is 31.6 Å². The number of aryl methyl sites for hydroxylation is 1. The first-order chi connectivity index (χ1) is 18.1. The maximum absolute atomic E-state index is 12.7. The highest BCUT2D eigenvalue weighted by atomic mass is 16.5. The molecule has 0 aliphatic carbocycles. The summed E-state index contributed by atoms with van der Waals surface area (Å²) >= 11 is 0. The van der Waals surface area contributed by atoms with Crippen molar-refractivity contribution in [2.45, 2.75) is 25.7 Å². The Bertz CT molecular complexity index is 1310. The van der Waals surface area contributed by atoms with Gasteiger partial charge in [-0.25, -0.2) is 15.3 Å². The number of piperidine rings is 1. The molecule has 0 atom stereocenters. The Morgan fingerprint density at radius 3 is 2.65 bits per heavy atom. The van der Waals surface area contributed by atoms with Gasteiger partial charge in [-0.15, -0.1) is 0 Å². The molecule has 1 N–H and O–H groups in total. The van der Waals surface area contributed by atoms with E-state index in [1.54, 1.807) is 20.3 Å². The van der Waals surface area contributed by atoms with Gasteiger partial charge in [-0.3, -0.25) is 4.79 Å². The molecule has 1 saturated heterocycles. The fourth-order valence-corrected chi connectivity index (χ4v) is 5.10. The summed E-state index contributed by atoms with van der Waals surface area (Å²) in [7, 11) is 3.34. The van der Waals surface area contributed by atoms with E-state index in [2.05, 4.69) is 45.6 Å². The summed E-state index contributed by atoms with van der Waals surface area (Å²) < 4.78 is 10.5. The van der Waals surface area contributed by atoms with Crippen molar-refractivity contribution in [2.24, 2.45) is 0 Å². The molecule has 3 aromatic rings. The second kappa shape index (κ2) is 11.1. The molecule has 191 valence electrons. The summed E-state index contributed by atoms with van der Waals surface area (Å²) in [5, 5.41) is 7.37. The SMILES string of the molecule is COCCN1CCC(c2ccc(Nc3nc(-c4cccc(OC)n4)cc4c3C(=O)[N]C=C4)cc2C)CC1. The van der Waals surface area contributed by atoms with E-state index in [0.717, 1.165) is 50.3 Å². The van der Waals surface area contributed by atoms with Crippen molar-refractivity contribution in [2.75, 3.05) is 45.8 Å². The molecule has 0 spiro atoms. The predicted octanol–water partition coefficient (Wildman–Crippen LogP) is 4.76. The fraction of sp³-hybridized carbons (Fsp3) is 0.345. The van der Waals surface area contributed by atoms with Crippen LogP contribution in [-0.4, -0.2) is 61.2 Å². The monoisotopic (exact) mass is 498 g/mol. The number of rotatable bonds is 8. The molecule has 37 heavy (non-hydrogen) atoms. The minimum atomic E-state index is -0.314. The number of pyridine rings is 2. The van der Waals surface area contributed by atoms with Crippen LogP contribution in [0.2, 0.25) is 0 Å². The molecule has 2 aliphatic rings. The number of hydrogen-bond acceptors (Lipinski definition) is 7. The second-order valence-electron chi connectivity index (χ2n) is 9.44. The topological polar surface area (TPSA) is 90.7 Å². The lowest BCUT2D eigenvalue weighted by Gasteiger charge is -2.32. The Labute approximate surface area is 217 Å². The number of nitrogens with one attached hydrogen (secondary N) is 1. The maximum atomic E-state index is 12.7. The Balaban J connectivity index is 1.41. The third-order valence-electron chi connectivity index (χ3n) is 7.08. The van der Waals surface area contributed by atoms with Crippen LogP contribution in [0.1, 0.15) is 45.8 Å². The third-order valence-corrected chi connectivity index (χ3v) is 7.08. The quantitative estimate of drug-likeness (QED) is 0.479. The Morgan fingerprint density at radius 2 is 1.89 bits per heavy atom. The van der Waals surface area contributed by atoms with E-state index in [9.17, 15) is 4.79 Å². The van der Waals surface area contributed by atoms with E-state index in [4.69, 9.17) is 14.5 Å². The first-order valence-electron chi connectivity index (χ1n) is 12.6. The van der Waals surface area contributed by atoms with E-state index in [-0.39, 0.29) is 5.91 Å². The predicted molar refractivity (Wildman–Crippen MR) is 144 cm³/mol. The van der Waals surface area contributed by atoms with Crippen LogP contribution in [0.4, 0.5) is 11.5 Å². The minimum absolute atomic E-state index is 0.314. The molecule has 1 radical (unpaired) electrons. The summed E-state index contributed by atoms with van der Waals surface area (Å²) in [4.78, 5) is 24.5. The maximum Gasteiger partial charge on any atom is 0.281 e. The van der Waals surface area contributed by atoms with Crippen LogP contribution in [0.5, 0.6) is 5.88 Å². The van der Waals surface area contributed by atoms with Crippen molar-refractivity contribution in [3.05, 3.63) is 70.9 Å². The normalized spacial score (nSPS) is 15.8. The molecule has 8 nitrogen and oxygen atoms in total. The molecule has 5 rings (SSSR count). The van der Waals surface area contributed by atoms with E-state index in [1.807, 2.05) is 24.3 Å². The van der Waals surface area contributed by atoms with E-state index >= 15 is 0 Å². The molecule has 0 saturated carbocycles. The van der Waals surface area contributed by atoms with Gasteiger partial charge in [0.15, 0.2) is 0 Å². The summed E-state index contributed by atoms with van der Waals surface area (Å²) in [6, 6.07) is 13.8. The van der Waals surface area contributed by atoms with Crippen molar-refractivity contribution in [3.63, 3.8) is 0 Å². The van der Waals surface area contributed by atoms with Crippen molar-refractivity contribution >= 4 is 23.5 Å². The number of anilines is 2. The lowest BCUT2D eigenvalue weighted by Crippen LogP contribution is -2.35. The first-order valence-corrected chi connectivity index (χ1v) is 12.6. The van der Waals surface area contributed by atoms with Crippen molar-refractivity contribution in [1.29, 1.82) is 0 Å². The lowest BCUT2D eigenvalue weighted by molar-refractivity contribution is 0.0965. The first kappa shape index (κ1) is 24.9. The van der Waals surface area contributed by atoms with Crippen LogP contribution in [0, 0.1) is 6.92 Å². The Morgan fingerprint density at radius 1 is 1.05 bits per heavy atom. The van der Waals surface area contributed by atoms with Gasteiger partial charge >= 0.3 is 0 Å². The molecule has 8 heteroatoms. The van der Waals surface area contributed by atoms with E-state index in [0.29, 0.717) is 34.6 Å². The van der Waals surface area contributed by atoms with Crippen LogP contribution in [-0.2, 0) is 4.74 Å². The number of amides is 1. The van der Waals surface area contributed by atoms with Gasteiger partial charge in [-0.05, 0) is 85.8 Å². The van der Waals surface area contributed by atoms with E-state index < -0.39 is 0 Å². The number of fused-ring (bicyclic) bond motifs is 1. The minimum Gasteiger partial charge on any atom is -0.481 e. The van der Waals surface area contributed by atoms with Gasteiger partial charge in [0.25, 0.3) is 5.91 Å². The molecular weight excluding hydrogens is 466 g/mol. The van der Waals surface area contributed by atoms with Crippen LogP contribution in [0.25, 0.3) is 17.5 Å². The van der Waals surface area contributed by atoms with Crippen LogP contribution in [0.3, 0.4) is 0 Å². The molecule has 0 bridgehead atoms. The molecule has 1 aromatic carbocycles. The van der Waals surface area contributed by atoms with Gasteiger partial charge < -0.3 is 19.7 Å².